The average molecular weight is 306 g/mol. The Morgan fingerprint density at radius 2 is 2.12 bits per heavy atom. The number of para-hydroxylation sites is 1. The molecule has 0 radical (unpaired) electrons. The molecule has 2 heterocycles. The van der Waals surface area contributed by atoms with Crippen molar-refractivity contribution < 1.29 is 4.79 Å². The highest BCUT2D eigenvalue weighted by atomic mass is 79.9. The third-order valence-corrected chi connectivity index (χ3v) is 4.17. The van der Waals surface area contributed by atoms with Crippen LogP contribution >= 0.6 is 27.3 Å². The number of hydrogen-bond donors (Lipinski definition) is 1. The van der Waals surface area contributed by atoms with Crippen molar-refractivity contribution in [2.45, 2.75) is 0 Å². The molecule has 0 atom stereocenters. The maximum absolute atomic E-state index is 12.3. The van der Waals surface area contributed by atoms with E-state index in [1.54, 1.807) is 6.20 Å². The number of aromatic amines is 1. The second kappa shape index (κ2) is 4.13. The van der Waals surface area contributed by atoms with Crippen molar-refractivity contribution in [3.63, 3.8) is 0 Å². The van der Waals surface area contributed by atoms with Gasteiger partial charge in [-0.15, -0.1) is 11.3 Å². The molecule has 84 valence electrons. The zero-order chi connectivity index (χ0) is 11.8. The summed E-state index contributed by atoms with van der Waals surface area (Å²) >= 11 is 4.89. The molecular formula is C13H8BrNOS. The van der Waals surface area contributed by atoms with Gasteiger partial charge in [0.15, 0.2) is 5.78 Å². The molecule has 2 nitrogen and oxygen atoms in total. The van der Waals surface area contributed by atoms with Crippen LogP contribution in [0, 0.1) is 0 Å². The van der Waals surface area contributed by atoms with Gasteiger partial charge in [0.1, 0.15) is 0 Å². The number of nitrogens with one attached hydrogen (secondary N) is 1. The van der Waals surface area contributed by atoms with Crippen molar-refractivity contribution in [2.75, 3.05) is 0 Å². The minimum absolute atomic E-state index is 0.0596. The summed E-state index contributed by atoms with van der Waals surface area (Å²) in [7, 11) is 0. The summed E-state index contributed by atoms with van der Waals surface area (Å²) in [5.41, 5.74) is 2.45. The molecule has 2 aromatic heterocycles. The minimum atomic E-state index is 0.0596. The number of rotatable bonds is 2. The van der Waals surface area contributed by atoms with Gasteiger partial charge in [-0.05, 0) is 28.1 Å². The average Bonchev–Trinajstić information content (AvgIpc) is 2.94. The number of fused-ring (bicyclic) bond motifs is 1. The van der Waals surface area contributed by atoms with Crippen LogP contribution in [-0.4, -0.2) is 10.8 Å². The fraction of sp³-hybridized carbons (Fsp3) is 0. The number of aromatic nitrogens is 1. The Bertz CT molecular complexity index is 698. The molecule has 0 aliphatic heterocycles. The van der Waals surface area contributed by atoms with Gasteiger partial charge in [-0.1, -0.05) is 18.2 Å². The molecule has 0 amide bonds. The van der Waals surface area contributed by atoms with Crippen molar-refractivity contribution in [1.29, 1.82) is 0 Å². The van der Waals surface area contributed by atoms with E-state index in [4.69, 9.17) is 0 Å². The van der Waals surface area contributed by atoms with Gasteiger partial charge < -0.3 is 4.98 Å². The van der Waals surface area contributed by atoms with Gasteiger partial charge >= 0.3 is 0 Å². The van der Waals surface area contributed by atoms with Crippen LogP contribution in [0.25, 0.3) is 10.9 Å². The molecule has 0 bridgehead atoms. The lowest BCUT2D eigenvalue weighted by Gasteiger charge is -1.95. The second-order valence-electron chi connectivity index (χ2n) is 3.72. The van der Waals surface area contributed by atoms with Gasteiger partial charge in [0.25, 0.3) is 0 Å². The van der Waals surface area contributed by atoms with Crippen LogP contribution in [0.5, 0.6) is 0 Å². The number of benzene rings is 1. The van der Waals surface area contributed by atoms with Crippen molar-refractivity contribution in [3.8, 4) is 0 Å². The van der Waals surface area contributed by atoms with E-state index in [1.165, 1.54) is 11.3 Å². The summed E-state index contributed by atoms with van der Waals surface area (Å²) in [4.78, 5) is 15.4. The molecule has 0 fully saturated rings. The summed E-state index contributed by atoms with van der Waals surface area (Å²) in [6.07, 6.45) is 1.78. The third kappa shape index (κ3) is 1.83. The fourth-order valence-electron chi connectivity index (χ4n) is 1.84. The highest BCUT2D eigenvalue weighted by Gasteiger charge is 2.14. The lowest BCUT2D eigenvalue weighted by atomic mass is 10.1. The first-order valence-corrected chi connectivity index (χ1v) is 6.78. The third-order valence-electron chi connectivity index (χ3n) is 2.66. The summed E-state index contributed by atoms with van der Waals surface area (Å²) in [6, 6.07) is 9.68. The van der Waals surface area contributed by atoms with Gasteiger partial charge in [0.05, 0.1) is 3.79 Å². The van der Waals surface area contributed by atoms with Crippen molar-refractivity contribution >= 4 is 44.0 Å². The highest BCUT2D eigenvalue weighted by Crippen LogP contribution is 2.25. The summed E-state index contributed by atoms with van der Waals surface area (Å²) in [6.45, 7) is 0. The van der Waals surface area contributed by atoms with E-state index in [1.807, 2.05) is 35.7 Å². The summed E-state index contributed by atoms with van der Waals surface area (Å²) < 4.78 is 0.973. The molecule has 0 aliphatic rings. The van der Waals surface area contributed by atoms with Crippen LogP contribution in [0.3, 0.4) is 0 Å². The molecule has 1 N–H and O–H groups in total. The minimum Gasteiger partial charge on any atom is -0.360 e. The van der Waals surface area contributed by atoms with E-state index in [0.717, 1.165) is 25.8 Å². The van der Waals surface area contributed by atoms with Crippen LogP contribution in [0.4, 0.5) is 0 Å². The number of halogens is 1. The SMILES string of the molecule is O=C(c1csc(Br)c1)c1c[nH]c2ccccc12. The van der Waals surface area contributed by atoms with Crippen LogP contribution < -0.4 is 0 Å². The number of ketones is 1. The highest BCUT2D eigenvalue weighted by molar-refractivity contribution is 9.11. The second-order valence-corrected chi connectivity index (χ2v) is 6.01. The molecule has 17 heavy (non-hydrogen) atoms. The van der Waals surface area contributed by atoms with E-state index in [9.17, 15) is 4.79 Å². The molecule has 0 saturated heterocycles. The number of carbonyl (C=O) groups is 1. The van der Waals surface area contributed by atoms with Gasteiger partial charge in [0, 0.05) is 33.6 Å². The van der Waals surface area contributed by atoms with Gasteiger partial charge in [-0.25, -0.2) is 0 Å². The van der Waals surface area contributed by atoms with Crippen LogP contribution in [0.1, 0.15) is 15.9 Å². The van der Waals surface area contributed by atoms with E-state index in [-0.39, 0.29) is 5.78 Å². The van der Waals surface area contributed by atoms with Gasteiger partial charge in [-0.3, -0.25) is 4.79 Å². The first kappa shape index (κ1) is 10.7. The molecule has 3 aromatic rings. The molecule has 0 unspecified atom stereocenters. The monoisotopic (exact) mass is 305 g/mol. The zero-order valence-corrected chi connectivity index (χ0v) is 11.1. The van der Waals surface area contributed by atoms with Crippen LogP contribution in [-0.2, 0) is 0 Å². The Balaban J connectivity index is 2.13. The first-order valence-electron chi connectivity index (χ1n) is 5.10. The predicted octanol–water partition coefficient (Wildman–Crippen LogP) is 4.22. The van der Waals surface area contributed by atoms with E-state index in [0.29, 0.717) is 0 Å². The number of hydrogen-bond acceptors (Lipinski definition) is 2. The summed E-state index contributed by atoms with van der Waals surface area (Å²) in [5.74, 6) is 0.0596. The maximum atomic E-state index is 12.3. The van der Waals surface area contributed by atoms with Crippen LogP contribution in [0.15, 0.2) is 45.7 Å². The molecule has 0 spiro atoms. The summed E-state index contributed by atoms with van der Waals surface area (Å²) in [5, 5.41) is 2.84. The van der Waals surface area contributed by atoms with Crippen molar-refractivity contribution in [3.05, 3.63) is 56.8 Å². The molecule has 1 aromatic carbocycles. The van der Waals surface area contributed by atoms with E-state index < -0.39 is 0 Å². The zero-order valence-electron chi connectivity index (χ0n) is 8.74. The van der Waals surface area contributed by atoms with Gasteiger partial charge in [-0.2, -0.15) is 0 Å². The molecule has 0 aliphatic carbocycles. The van der Waals surface area contributed by atoms with E-state index in [2.05, 4.69) is 20.9 Å². The normalized spacial score (nSPS) is 10.9. The molecule has 3 rings (SSSR count). The van der Waals surface area contributed by atoms with Crippen molar-refractivity contribution in [2.24, 2.45) is 0 Å². The Hall–Kier alpha value is -1.39. The Morgan fingerprint density at radius 3 is 2.88 bits per heavy atom. The van der Waals surface area contributed by atoms with Gasteiger partial charge in [0.2, 0.25) is 0 Å². The Kier molecular flexibility index (Phi) is 2.61. The van der Waals surface area contributed by atoms with Crippen molar-refractivity contribution in [1.82, 2.24) is 4.98 Å². The quantitative estimate of drug-likeness (QED) is 0.706. The molecule has 4 heteroatoms. The Labute approximate surface area is 110 Å². The standard InChI is InChI=1S/C13H8BrNOS/c14-12-5-8(7-17-12)13(16)10-6-15-11-4-2-1-3-9(10)11/h1-7,15H. The Morgan fingerprint density at radius 1 is 1.29 bits per heavy atom. The topological polar surface area (TPSA) is 32.9 Å². The predicted molar refractivity (Wildman–Crippen MR) is 73.8 cm³/mol. The first-order chi connectivity index (χ1) is 8.25. The molecule has 0 saturated carbocycles. The lowest BCUT2D eigenvalue weighted by Crippen LogP contribution is -1.97. The lowest BCUT2D eigenvalue weighted by molar-refractivity contribution is 0.104. The van der Waals surface area contributed by atoms with E-state index >= 15 is 0 Å². The maximum Gasteiger partial charge on any atom is 0.196 e. The molecular weight excluding hydrogens is 298 g/mol. The fourth-order valence-corrected chi connectivity index (χ4v) is 2.98. The largest absolute Gasteiger partial charge is 0.360 e. The number of H-pyrrole nitrogens is 1. The van der Waals surface area contributed by atoms with Crippen LogP contribution in [0.2, 0.25) is 0 Å². The number of carbonyl (C=O) groups excluding carboxylic acids is 1. The smallest absolute Gasteiger partial charge is 0.196 e. The number of thiophene rings is 1.